The molecule has 2 aromatic carbocycles. The van der Waals surface area contributed by atoms with Crippen LogP contribution in [0.2, 0.25) is 5.02 Å². The minimum absolute atomic E-state index is 0.0460. The Kier molecular flexibility index (Phi) is 5.27. The zero-order valence-corrected chi connectivity index (χ0v) is 14.8. The van der Waals surface area contributed by atoms with Crippen LogP contribution in [0, 0.1) is 17.0 Å². The molecule has 128 valence electrons. The van der Waals surface area contributed by atoms with Gasteiger partial charge < -0.3 is 0 Å². The monoisotopic (exact) mass is 368 g/mol. The minimum atomic E-state index is -3.94. The number of hydrogen-bond acceptors (Lipinski definition) is 4. The second-order valence-electron chi connectivity index (χ2n) is 5.75. The van der Waals surface area contributed by atoms with Gasteiger partial charge in [0, 0.05) is 9.95 Å². The van der Waals surface area contributed by atoms with Crippen molar-refractivity contribution in [2.45, 2.75) is 24.3 Å². The summed E-state index contributed by atoms with van der Waals surface area (Å²) in [6.45, 7) is 2.69. The van der Waals surface area contributed by atoms with E-state index in [2.05, 4.69) is 4.72 Å². The molecule has 0 radical (unpaired) electrons. The van der Waals surface area contributed by atoms with Crippen molar-refractivity contribution < 1.29 is 13.3 Å². The van der Waals surface area contributed by atoms with Crippen LogP contribution in [0.5, 0.6) is 0 Å². The predicted octanol–water partition coefficient (Wildman–Crippen LogP) is 3.12. The molecule has 2 aromatic rings. The number of nitrogens with one attached hydrogen (secondary N) is 1. The highest BCUT2D eigenvalue weighted by Gasteiger charge is 2.37. The highest BCUT2D eigenvalue weighted by molar-refractivity contribution is 7.89. The lowest BCUT2D eigenvalue weighted by Gasteiger charge is -2.27. The number of rotatable bonds is 6. The molecule has 6 nitrogen and oxygen atoms in total. The summed E-state index contributed by atoms with van der Waals surface area (Å²) in [5, 5.41) is 11.4. The average Bonchev–Trinajstić information content (AvgIpc) is 2.46. The van der Waals surface area contributed by atoms with Crippen LogP contribution in [0.25, 0.3) is 0 Å². The highest BCUT2D eigenvalue weighted by Crippen LogP contribution is 2.26. The van der Waals surface area contributed by atoms with E-state index in [4.69, 9.17) is 11.6 Å². The average molecular weight is 369 g/mol. The van der Waals surface area contributed by atoms with E-state index in [0.29, 0.717) is 10.6 Å². The molecule has 0 aromatic heterocycles. The van der Waals surface area contributed by atoms with Crippen LogP contribution in [0.1, 0.15) is 18.1 Å². The summed E-state index contributed by atoms with van der Waals surface area (Å²) in [7, 11) is -3.94. The molecule has 0 aliphatic heterocycles. The quantitative estimate of drug-likeness (QED) is 0.626. The van der Waals surface area contributed by atoms with Crippen LogP contribution in [0.4, 0.5) is 0 Å². The summed E-state index contributed by atoms with van der Waals surface area (Å²) in [5.74, 6) is 0. The second kappa shape index (κ2) is 6.88. The van der Waals surface area contributed by atoms with Gasteiger partial charge in [-0.2, -0.15) is 4.72 Å². The molecule has 2 rings (SSSR count). The Balaban J connectivity index is 2.45. The summed E-state index contributed by atoms with van der Waals surface area (Å²) in [4.78, 5) is 10.6. The van der Waals surface area contributed by atoms with Gasteiger partial charge >= 0.3 is 0 Å². The van der Waals surface area contributed by atoms with Gasteiger partial charge in [0.25, 0.3) is 0 Å². The van der Waals surface area contributed by atoms with Crippen molar-refractivity contribution in [3.8, 4) is 0 Å². The molecular formula is C16H17ClN2O4S. The molecule has 0 aliphatic carbocycles. The largest absolute Gasteiger partial charge is 0.264 e. The Morgan fingerprint density at radius 2 is 1.83 bits per heavy atom. The molecular weight excluding hydrogens is 352 g/mol. The molecule has 0 heterocycles. The van der Waals surface area contributed by atoms with Crippen LogP contribution < -0.4 is 4.72 Å². The number of benzene rings is 2. The second-order valence-corrected chi connectivity index (χ2v) is 7.87. The van der Waals surface area contributed by atoms with Crippen LogP contribution in [-0.2, 0) is 15.6 Å². The Hall–Kier alpha value is -1.96. The van der Waals surface area contributed by atoms with Crippen molar-refractivity contribution in [2.24, 2.45) is 0 Å². The summed E-state index contributed by atoms with van der Waals surface area (Å²) < 4.78 is 27.7. The van der Waals surface area contributed by atoms with Crippen molar-refractivity contribution >= 4 is 21.6 Å². The lowest BCUT2D eigenvalue weighted by Crippen LogP contribution is -2.48. The first kappa shape index (κ1) is 18.4. The first-order valence-electron chi connectivity index (χ1n) is 7.11. The van der Waals surface area contributed by atoms with Gasteiger partial charge in [-0.3, -0.25) is 10.1 Å². The summed E-state index contributed by atoms with van der Waals surface area (Å²) in [6.07, 6.45) is 0. The summed E-state index contributed by atoms with van der Waals surface area (Å²) in [6, 6.07) is 12.6. The van der Waals surface area contributed by atoms with Crippen molar-refractivity contribution in [3.63, 3.8) is 0 Å². The Morgan fingerprint density at radius 3 is 2.38 bits per heavy atom. The van der Waals surface area contributed by atoms with Gasteiger partial charge in [-0.05, 0) is 43.7 Å². The molecule has 0 aliphatic rings. The van der Waals surface area contributed by atoms with E-state index in [1.165, 1.54) is 25.1 Å². The van der Waals surface area contributed by atoms with Crippen molar-refractivity contribution in [1.82, 2.24) is 4.72 Å². The van der Waals surface area contributed by atoms with E-state index < -0.39 is 27.0 Å². The number of hydrogen-bond donors (Lipinski definition) is 1. The van der Waals surface area contributed by atoms with Crippen molar-refractivity contribution in [2.75, 3.05) is 6.54 Å². The first-order valence-corrected chi connectivity index (χ1v) is 8.97. The van der Waals surface area contributed by atoms with Gasteiger partial charge in [-0.1, -0.05) is 41.4 Å². The van der Waals surface area contributed by atoms with Crippen LogP contribution in [-0.4, -0.2) is 19.9 Å². The highest BCUT2D eigenvalue weighted by atomic mass is 35.5. The molecule has 1 atom stereocenters. The third-order valence-electron chi connectivity index (χ3n) is 3.60. The van der Waals surface area contributed by atoms with Crippen LogP contribution >= 0.6 is 11.6 Å². The van der Waals surface area contributed by atoms with Crippen molar-refractivity contribution in [3.05, 3.63) is 74.8 Å². The summed E-state index contributed by atoms with van der Waals surface area (Å²) in [5.41, 5.74) is -0.0998. The fourth-order valence-corrected chi connectivity index (χ4v) is 3.92. The fraction of sp³-hybridized carbons (Fsp3) is 0.250. The molecule has 0 bridgehead atoms. The smallest absolute Gasteiger partial charge is 0.241 e. The van der Waals surface area contributed by atoms with Gasteiger partial charge in [-0.25, -0.2) is 8.42 Å². The van der Waals surface area contributed by atoms with E-state index >= 15 is 0 Å². The molecule has 24 heavy (non-hydrogen) atoms. The van der Waals surface area contributed by atoms with E-state index in [0.717, 1.165) is 5.56 Å². The van der Waals surface area contributed by atoms with Crippen molar-refractivity contribution in [1.29, 1.82) is 0 Å². The lowest BCUT2D eigenvalue weighted by atomic mass is 9.93. The Bertz CT molecular complexity index is 853. The third-order valence-corrected chi connectivity index (χ3v) is 5.45. The third kappa shape index (κ3) is 4.31. The molecule has 0 amide bonds. The maximum atomic E-state index is 12.6. The zero-order valence-electron chi connectivity index (χ0n) is 13.2. The van der Waals surface area contributed by atoms with Gasteiger partial charge in [0.15, 0.2) is 0 Å². The maximum absolute atomic E-state index is 12.6. The van der Waals surface area contributed by atoms with Gasteiger partial charge in [0.1, 0.15) is 5.54 Å². The lowest BCUT2D eigenvalue weighted by molar-refractivity contribution is -0.490. The van der Waals surface area contributed by atoms with Crippen LogP contribution in [0.15, 0.2) is 53.4 Å². The van der Waals surface area contributed by atoms with Gasteiger partial charge in [-0.15, -0.1) is 0 Å². The fourth-order valence-electron chi connectivity index (χ4n) is 2.35. The number of sulfonamides is 1. The van der Waals surface area contributed by atoms with E-state index in [1.54, 1.807) is 30.3 Å². The van der Waals surface area contributed by atoms with E-state index in [9.17, 15) is 18.5 Å². The Morgan fingerprint density at radius 1 is 1.21 bits per heavy atom. The normalized spacial score (nSPS) is 14.1. The number of aryl methyl sites for hydroxylation is 1. The van der Waals surface area contributed by atoms with Gasteiger partial charge in [0.05, 0.1) is 4.90 Å². The first-order chi connectivity index (χ1) is 11.1. The maximum Gasteiger partial charge on any atom is 0.241 e. The van der Waals surface area contributed by atoms with Crippen LogP contribution in [0.3, 0.4) is 0 Å². The van der Waals surface area contributed by atoms with Gasteiger partial charge in [0.2, 0.25) is 16.6 Å². The molecule has 8 heteroatoms. The van der Waals surface area contributed by atoms with E-state index in [-0.39, 0.29) is 4.90 Å². The predicted molar refractivity (Wildman–Crippen MR) is 92.2 cm³/mol. The number of halogens is 1. The van der Waals surface area contributed by atoms with E-state index in [1.807, 2.05) is 6.92 Å². The molecule has 0 saturated carbocycles. The minimum Gasteiger partial charge on any atom is -0.264 e. The molecule has 0 unspecified atom stereocenters. The number of nitrogens with zero attached hydrogens (tertiary/aromatic N) is 1. The SMILES string of the molecule is Cc1ccc(S(=O)(=O)N[C@](C)(C[N+](=O)[O-])c2cccc(Cl)c2)cc1. The molecule has 0 fully saturated rings. The Labute approximate surface area is 145 Å². The summed E-state index contributed by atoms with van der Waals surface area (Å²) >= 11 is 5.95. The topological polar surface area (TPSA) is 89.3 Å². The zero-order chi connectivity index (χ0) is 18.0. The number of nitro groups is 1. The molecule has 0 spiro atoms. The molecule has 0 saturated heterocycles. The molecule has 1 N–H and O–H groups in total. The standard InChI is InChI=1S/C16H17ClN2O4S/c1-12-6-8-15(9-7-12)24(22,23)18-16(2,11-19(20)21)13-4-3-5-14(17)10-13/h3-10,18H,11H2,1-2H3/t16-/m1/s1.